The Bertz CT molecular complexity index is 257. The molecular weight excluding hydrogens is 261 g/mol. The molecule has 0 aromatic carbocycles. The largest absolute Gasteiger partial charge is 0.374 e. The number of nitrogens with zero attached hydrogens (tertiary/aromatic N) is 1. The lowest BCUT2D eigenvalue weighted by Gasteiger charge is -2.27. The van der Waals surface area contributed by atoms with E-state index in [1.165, 1.54) is 0 Å². The molecule has 0 aromatic heterocycles. The smallest absolute Gasteiger partial charge is 0.228 e. The summed E-state index contributed by atoms with van der Waals surface area (Å²) in [5.41, 5.74) is 0. The quantitative estimate of drug-likeness (QED) is 0.724. The molecule has 0 aromatic rings. The molecule has 4 atom stereocenters. The van der Waals surface area contributed by atoms with Crippen molar-refractivity contribution < 1.29 is 9.53 Å². The van der Waals surface area contributed by atoms with Crippen molar-refractivity contribution in [3.05, 3.63) is 0 Å². The van der Waals surface area contributed by atoms with Gasteiger partial charge in [-0.2, -0.15) is 0 Å². The van der Waals surface area contributed by atoms with E-state index >= 15 is 0 Å². The zero-order valence-electron chi connectivity index (χ0n) is 10.7. The van der Waals surface area contributed by atoms with Gasteiger partial charge in [0.05, 0.1) is 18.1 Å². The van der Waals surface area contributed by atoms with E-state index in [1.807, 2.05) is 13.8 Å². The van der Waals surface area contributed by atoms with E-state index < -0.39 is 0 Å². The normalized spacial score (nSPS) is 32.8. The number of carbonyl (C=O) groups excluding carboxylic acids is 1. The number of ether oxygens (including phenoxy) is 1. The molecule has 1 saturated heterocycles. The first-order valence-electron chi connectivity index (χ1n) is 6.09. The minimum Gasteiger partial charge on any atom is -0.374 e. The van der Waals surface area contributed by atoms with Gasteiger partial charge in [0.2, 0.25) is 5.91 Å². The molecule has 1 heterocycles. The highest BCUT2D eigenvalue weighted by Gasteiger charge is 2.42. The molecule has 0 saturated carbocycles. The molecule has 1 aliphatic heterocycles. The monoisotopic (exact) mass is 281 g/mol. The first-order valence-corrected chi connectivity index (χ1v) is 7.16. The van der Waals surface area contributed by atoms with Gasteiger partial charge in [-0.3, -0.25) is 4.79 Å². The van der Waals surface area contributed by atoms with E-state index in [2.05, 4.69) is 6.92 Å². The van der Waals surface area contributed by atoms with Gasteiger partial charge in [0.15, 0.2) is 0 Å². The molecule has 1 aliphatic rings. The van der Waals surface area contributed by atoms with Gasteiger partial charge in [0, 0.05) is 24.8 Å². The van der Waals surface area contributed by atoms with Crippen LogP contribution in [0, 0.1) is 11.8 Å². The maximum Gasteiger partial charge on any atom is 0.228 e. The van der Waals surface area contributed by atoms with Crippen LogP contribution in [-0.2, 0) is 9.53 Å². The Morgan fingerprint density at radius 3 is 2.00 bits per heavy atom. The molecule has 1 rings (SSSR count). The highest BCUT2D eigenvalue weighted by atomic mass is 35.5. The molecule has 0 spiro atoms. The first-order chi connectivity index (χ1) is 8.02. The summed E-state index contributed by atoms with van der Waals surface area (Å²) in [6.07, 6.45) is 0.105. The van der Waals surface area contributed by atoms with Crippen LogP contribution in [0.2, 0.25) is 0 Å². The van der Waals surface area contributed by atoms with E-state index in [0.29, 0.717) is 24.8 Å². The molecule has 0 aliphatic carbocycles. The fourth-order valence-electron chi connectivity index (χ4n) is 2.44. The number of carbonyl (C=O) groups is 1. The van der Waals surface area contributed by atoms with Gasteiger partial charge in [0.25, 0.3) is 0 Å². The highest BCUT2D eigenvalue weighted by molar-refractivity contribution is 6.18. The van der Waals surface area contributed by atoms with Gasteiger partial charge in [-0.25, -0.2) is 0 Å². The zero-order valence-corrected chi connectivity index (χ0v) is 12.2. The van der Waals surface area contributed by atoms with Gasteiger partial charge in [-0.05, 0) is 19.8 Å². The van der Waals surface area contributed by atoms with Crippen LogP contribution < -0.4 is 0 Å². The van der Waals surface area contributed by atoms with Gasteiger partial charge in [-0.15, -0.1) is 23.2 Å². The summed E-state index contributed by atoms with van der Waals surface area (Å²) < 4.78 is 5.70. The summed E-state index contributed by atoms with van der Waals surface area (Å²) in [7, 11) is 0. The van der Waals surface area contributed by atoms with Gasteiger partial charge in [-0.1, -0.05) is 6.92 Å². The number of amides is 1. The third kappa shape index (κ3) is 3.49. The number of halogens is 2. The average molecular weight is 282 g/mol. The van der Waals surface area contributed by atoms with Crippen molar-refractivity contribution in [3.63, 3.8) is 0 Å². The minimum atomic E-state index is -0.0727. The predicted octanol–water partition coefficient (Wildman–Crippen LogP) is 2.35. The lowest BCUT2D eigenvalue weighted by Crippen LogP contribution is -2.42. The van der Waals surface area contributed by atoms with Crippen molar-refractivity contribution in [1.29, 1.82) is 0 Å². The van der Waals surface area contributed by atoms with Crippen LogP contribution in [0.25, 0.3) is 0 Å². The van der Waals surface area contributed by atoms with Crippen LogP contribution in [0.3, 0.4) is 0 Å². The molecular formula is C12H21Cl2NO2. The Morgan fingerprint density at radius 1 is 1.12 bits per heavy atom. The molecule has 17 heavy (non-hydrogen) atoms. The summed E-state index contributed by atoms with van der Waals surface area (Å²) in [5, 5.41) is 0. The molecule has 100 valence electrons. The maximum atomic E-state index is 12.4. The topological polar surface area (TPSA) is 29.5 Å². The van der Waals surface area contributed by atoms with Crippen molar-refractivity contribution in [2.75, 3.05) is 24.8 Å². The Morgan fingerprint density at radius 2 is 1.65 bits per heavy atom. The van der Waals surface area contributed by atoms with Crippen molar-refractivity contribution in [1.82, 2.24) is 4.90 Å². The lowest BCUT2D eigenvalue weighted by molar-refractivity contribution is -0.137. The van der Waals surface area contributed by atoms with Crippen molar-refractivity contribution in [2.45, 2.75) is 33.0 Å². The third-order valence-corrected chi connectivity index (χ3v) is 3.89. The van der Waals surface area contributed by atoms with Crippen LogP contribution in [0.15, 0.2) is 0 Å². The highest BCUT2D eigenvalue weighted by Crippen LogP contribution is 2.33. The number of rotatable bonds is 5. The second kappa shape index (κ2) is 6.81. The predicted molar refractivity (Wildman–Crippen MR) is 70.7 cm³/mol. The standard InChI is InChI=1S/C12H21Cl2NO2/c1-8-9(2)17-10(3)11(8)12(16)15(6-4-13)7-5-14/h8-11H,4-7H2,1-3H3. The molecule has 0 bridgehead atoms. The third-order valence-electron chi connectivity index (χ3n) is 3.55. The molecule has 0 radical (unpaired) electrons. The fraction of sp³-hybridized carbons (Fsp3) is 0.917. The molecule has 3 nitrogen and oxygen atoms in total. The molecule has 0 N–H and O–H groups in total. The van der Waals surface area contributed by atoms with Crippen LogP contribution in [0.5, 0.6) is 0 Å². The van der Waals surface area contributed by atoms with E-state index in [-0.39, 0.29) is 30.0 Å². The average Bonchev–Trinajstić information content (AvgIpc) is 2.52. The van der Waals surface area contributed by atoms with Crippen LogP contribution in [0.4, 0.5) is 0 Å². The molecule has 5 heteroatoms. The SMILES string of the molecule is CC1OC(C)C(C(=O)N(CCCl)CCCl)C1C. The summed E-state index contributed by atoms with van der Waals surface area (Å²) in [4.78, 5) is 14.2. The fourth-order valence-corrected chi connectivity index (χ4v) is 2.85. The van der Waals surface area contributed by atoms with Crippen LogP contribution in [0.1, 0.15) is 20.8 Å². The van der Waals surface area contributed by atoms with Crippen molar-refractivity contribution in [2.24, 2.45) is 11.8 Å². The lowest BCUT2D eigenvalue weighted by atomic mass is 9.88. The Balaban J connectivity index is 2.72. The van der Waals surface area contributed by atoms with Gasteiger partial charge >= 0.3 is 0 Å². The van der Waals surface area contributed by atoms with Gasteiger partial charge < -0.3 is 9.64 Å². The second-order valence-corrected chi connectivity index (χ2v) is 5.39. The Hall–Kier alpha value is 0.01000. The van der Waals surface area contributed by atoms with Crippen molar-refractivity contribution >= 4 is 29.1 Å². The maximum absolute atomic E-state index is 12.4. The molecule has 4 unspecified atom stereocenters. The van der Waals surface area contributed by atoms with E-state index in [1.54, 1.807) is 4.90 Å². The molecule has 1 amide bonds. The zero-order chi connectivity index (χ0) is 13.0. The summed E-state index contributed by atoms with van der Waals surface area (Å²) in [6.45, 7) is 7.15. The minimum absolute atomic E-state index is 0.0272. The summed E-state index contributed by atoms with van der Waals surface area (Å²) in [5.74, 6) is 1.17. The first kappa shape index (κ1) is 15.1. The number of alkyl halides is 2. The van der Waals surface area contributed by atoms with E-state index in [0.717, 1.165) is 0 Å². The van der Waals surface area contributed by atoms with Crippen molar-refractivity contribution in [3.8, 4) is 0 Å². The molecule has 1 fully saturated rings. The van der Waals surface area contributed by atoms with E-state index in [9.17, 15) is 4.79 Å². The van der Waals surface area contributed by atoms with Crippen LogP contribution in [-0.4, -0.2) is 47.9 Å². The van der Waals surface area contributed by atoms with E-state index in [4.69, 9.17) is 27.9 Å². The summed E-state index contributed by atoms with van der Waals surface area (Å²) >= 11 is 11.4. The second-order valence-electron chi connectivity index (χ2n) is 4.63. The summed E-state index contributed by atoms with van der Waals surface area (Å²) in [6, 6.07) is 0. The van der Waals surface area contributed by atoms with Gasteiger partial charge in [0.1, 0.15) is 0 Å². The number of hydrogen-bond donors (Lipinski definition) is 0. The number of hydrogen-bond acceptors (Lipinski definition) is 2. The van der Waals surface area contributed by atoms with Crippen LogP contribution >= 0.6 is 23.2 Å². The Kier molecular flexibility index (Phi) is 6.04. The Labute approximate surface area is 113 Å².